The molecule has 11 heavy (non-hydrogen) atoms. The fourth-order valence-corrected chi connectivity index (χ4v) is 1.17. The Morgan fingerprint density at radius 1 is 1.82 bits per heavy atom. The molecule has 1 aliphatic rings. The predicted octanol–water partition coefficient (Wildman–Crippen LogP) is -0.517. The summed E-state index contributed by atoms with van der Waals surface area (Å²) in [6.45, 7) is 2.13. The van der Waals surface area contributed by atoms with E-state index in [2.05, 4.69) is 0 Å². The first kappa shape index (κ1) is 8.20. The van der Waals surface area contributed by atoms with Crippen LogP contribution in [0.15, 0.2) is 0 Å². The number of carbonyl (C=O) groups is 2. The van der Waals surface area contributed by atoms with Crippen molar-refractivity contribution in [1.82, 2.24) is 4.90 Å². The number of rotatable bonds is 1. The highest BCUT2D eigenvalue weighted by molar-refractivity contribution is 5.97. The van der Waals surface area contributed by atoms with Gasteiger partial charge >= 0.3 is 0 Å². The fourth-order valence-electron chi connectivity index (χ4n) is 1.17. The third-order valence-corrected chi connectivity index (χ3v) is 1.76. The molecule has 0 aromatic heterocycles. The summed E-state index contributed by atoms with van der Waals surface area (Å²) < 4.78 is 0. The van der Waals surface area contributed by atoms with Crippen LogP contribution in [0.2, 0.25) is 0 Å². The molecule has 1 atom stereocenters. The topological polar surface area (TPSA) is 63.4 Å². The van der Waals surface area contributed by atoms with Gasteiger partial charge in [0.15, 0.2) is 0 Å². The van der Waals surface area contributed by atoms with Crippen molar-refractivity contribution in [2.24, 2.45) is 5.73 Å². The molecule has 1 fully saturated rings. The molecular weight excluding hydrogens is 144 g/mol. The molecule has 0 saturated carbocycles. The lowest BCUT2D eigenvalue weighted by molar-refractivity contribution is -0.141. The Hall–Kier alpha value is -0.900. The Bertz CT molecular complexity index is 183. The number of hydrogen-bond donors (Lipinski definition) is 1. The second-order valence-electron chi connectivity index (χ2n) is 2.72. The van der Waals surface area contributed by atoms with E-state index in [4.69, 9.17) is 5.73 Å². The first-order valence-electron chi connectivity index (χ1n) is 3.74. The maximum atomic E-state index is 11.0. The monoisotopic (exact) mass is 156 g/mol. The van der Waals surface area contributed by atoms with Gasteiger partial charge in [-0.1, -0.05) is 6.92 Å². The maximum Gasteiger partial charge on any atom is 0.230 e. The Labute approximate surface area is 65.3 Å². The van der Waals surface area contributed by atoms with Gasteiger partial charge in [0.1, 0.15) is 0 Å². The predicted molar refractivity (Wildman–Crippen MR) is 39.6 cm³/mol. The van der Waals surface area contributed by atoms with E-state index in [0.29, 0.717) is 19.4 Å². The van der Waals surface area contributed by atoms with Gasteiger partial charge < -0.3 is 5.73 Å². The van der Waals surface area contributed by atoms with Crippen LogP contribution in [0.5, 0.6) is 0 Å². The van der Waals surface area contributed by atoms with Crippen LogP contribution in [0, 0.1) is 0 Å². The molecule has 4 nitrogen and oxygen atoms in total. The Morgan fingerprint density at radius 3 is 2.82 bits per heavy atom. The molecule has 1 saturated heterocycles. The summed E-state index contributed by atoms with van der Waals surface area (Å²) >= 11 is 0. The molecule has 0 spiro atoms. The van der Waals surface area contributed by atoms with Crippen molar-refractivity contribution in [3.05, 3.63) is 0 Å². The Balaban J connectivity index is 2.60. The summed E-state index contributed by atoms with van der Waals surface area (Å²) in [5.41, 5.74) is 5.49. The summed E-state index contributed by atoms with van der Waals surface area (Å²) in [5.74, 6) is -0.257. The summed E-state index contributed by atoms with van der Waals surface area (Å²) in [6, 6.07) is -0.155. The second kappa shape index (κ2) is 3.00. The van der Waals surface area contributed by atoms with Gasteiger partial charge in [-0.2, -0.15) is 0 Å². The van der Waals surface area contributed by atoms with Gasteiger partial charge in [-0.05, 0) is 0 Å². The van der Waals surface area contributed by atoms with Crippen LogP contribution in [0.1, 0.15) is 19.8 Å². The molecule has 0 bridgehead atoms. The Kier molecular flexibility index (Phi) is 2.24. The van der Waals surface area contributed by atoms with E-state index in [0.717, 1.165) is 0 Å². The minimum Gasteiger partial charge on any atom is -0.326 e. The molecule has 4 heteroatoms. The molecule has 62 valence electrons. The summed E-state index contributed by atoms with van der Waals surface area (Å²) in [4.78, 5) is 23.3. The molecule has 1 heterocycles. The molecule has 1 rings (SSSR count). The highest BCUT2D eigenvalue weighted by atomic mass is 16.2. The largest absolute Gasteiger partial charge is 0.326 e. The van der Waals surface area contributed by atoms with Crippen LogP contribution in [0.25, 0.3) is 0 Å². The minimum atomic E-state index is -0.155. The van der Waals surface area contributed by atoms with Crippen molar-refractivity contribution in [2.75, 3.05) is 6.54 Å². The highest BCUT2D eigenvalue weighted by Gasteiger charge is 2.30. The average molecular weight is 156 g/mol. The van der Waals surface area contributed by atoms with Crippen LogP contribution in [0.3, 0.4) is 0 Å². The van der Waals surface area contributed by atoms with Gasteiger partial charge in [0.05, 0.1) is 0 Å². The van der Waals surface area contributed by atoms with Gasteiger partial charge in [-0.3, -0.25) is 14.5 Å². The van der Waals surface area contributed by atoms with Crippen molar-refractivity contribution in [2.45, 2.75) is 25.8 Å². The summed E-state index contributed by atoms with van der Waals surface area (Å²) in [6.07, 6.45) is 0.685. The van der Waals surface area contributed by atoms with Gasteiger partial charge in [0, 0.05) is 25.4 Å². The van der Waals surface area contributed by atoms with Gasteiger partial charge in [-0.15, -0.1) is 0 Å². The maximum absolute atomic E-state index is 11.0. The highest BCUT2D eigenvalue weighted by Crippen LogP contribution is 2.09. The lowest BCUT2D eigenvalue weighted by atomic mass is 10.3. The SMILES string of the molecule is CCC(=O)N1CC(N)CC1=O. The number of nitrogens with zero attached hydrogens (tertiary/aromatic N) is 1. The smallest absolute Gasteiger partial charge is 0.230 e. The van der Waals surface area contributed by atoms with E-state index in [-0.39, 0.29) is 17.9 Å². The fraction of sp³-hybridized carbons (Fsp3) is 0.714. The number of imide groups is 1. The third kappa shape index (κ3) is 1.57. The number of nitrogens with two attached hydrogens (primary N) is 1. The van der Waals surface area contributed by atoms with E-state index < -0.39 is 0 Å². The zero-order chi connectivity index (χ0) is 8.43. The second-order valence-corrected chi connectivity index (χ2v) is 2.72. The van der Waals surface area contributed by atoms with E-state index in [1.165, 1.54) is 4.90 Å². The van der Waals surface area contributed by atoms with Crippen LogP contribution in [-0.4, -0.2) is 29.3 Å². The van der Waals surface area contributed by atoms with Crippen molar-refractivity contribution >= 4 is 11.8 Å². The number of amides is 2. The number of hydrogen-bond acceptors (Lipinski definition) is 3. The zero-order valence-electron chi connectivity index (χ0n) is 6.54. The van der Waals surface area contributed by atoms with Crippen LogP contribution >= 0.6 is 0 Å². The molecule has 2 amide bonds. The molecular formula is C7H12N2O2. The van der Waals surface area contributed by atoms with E-state index >= 15 is 0 Å². The lowest BCUT2D eigenvalue weighted by Gasteiger charge is -2.11. The number of likely N-dealkylation sites (tertiary alicyclic amines) is 1. The van der Waals surface area contributed by atoms with Crippen LogP contribution in [0.4, 0.5) is 0 Å². The normalized spacial score (nSPS) is 24.4. The average Bonchev–Trinajstić information content (AvgIpc) is 2.28. The molecule has 0 aromatic carbocycles. The van der Waals surface area contributed by atoms with Crippen molar-refractivity contribution in [3.8, 4) is 0 Å². The Morgan fingerprint density at radius 2 is 2.45 bits per heavy atom. The minimum absolute atomic E-state index is 0.122. The van der Waals surface area contributed by atoms with Gasteiger partial charge in [0.25, 0.3) is 0 Å². The standard InChI is InChI=1S/C7H12N2O2/c1-2-6(10)9-4-5(8)3-7(9)11/h5H,2-4,8H2,1H3. The third-order valence-electron chi connectivity index (χ3n) is 1.76. The molecule has 1 unspecified atom stereocenters. The zero-order valence-corrected chi connectivity index (χ0v) is 6.54. The summed E-state index contributed by atoms with van der Waals surface area (Å²) in [7, 11) is 0. The molecule has 1 aliphatic heterocycles. The van der Waals surface area contributed by atoms with Gasteiger partial charge in [-0.25, -0.2) is 0 Å². The molecule has 0 aliphatic carbocycles. The summed E-state index contributed by atoms with van der Waals surface area (Å²) in [5, 5.41) is 0. The van der Waals surface area contributed by atoms with Crippen molar-refractivity contribution in [3.63, 3.8) is 0 Å². The first-order chi connectivity index (χ1) is 5.15. The van der Waals surface area contributed by atoms with E-state index in [1.54, 1.807) is 6.92 Å². The van der Waals surface area contributed by atoms with Gasteiger partial charge in [0.2, 0.25) is 11.8 Å². The van der Waals surface area contributed by atoms with Crippen molar-refractivity contribution < 1.29 is 9.59 Å². The van der Waals surface area contributed by atoms with Crippen LogP contribution < -0.4 is 5.73 Å². The quantitative estimate of drug-likeness (QED) is 0.555. The molecule has 0 aromatic rings. The first-order valence-corrected chi connectivity index (χ1v) is 3.74. The van der Waals surface area contributed by atoms with Crippen molar-refractivity contribution in [1.29, 1.82) is 0 Å². The lowest BCUT2D eigenvalue weighted by Crippen LogP contribution is -2.33. The number of carbonyl (C=O) groups excluding carboxylic acids is 2. The molecule has 0 radical (unpaired) electrons. The van der Waals surface area contributed by atoms with E-state index in [1.807, 2.05) is 0 Å². The molecule has 2 N–H and O–H groups in total. The van der Waals surface area contributed by atoms with E-state index in [9.17, 15) is 9.59 Å². The van der Waals surface area contributed by atoms with Crippen LogP contribution in [-0.2, 0) is 9.59 Å².